The quantitative estimate of drug-likeness (QED) is 0.755. The van der Waals surface area contributed by atoms with Gasteiger partial charge in [0.1, 0.15) is 6.33 Å². The maximum absolute atomic E-state index is 4.24. The number of nitrogens with one attached hydrogen (secondary N) is 1. The highest BCUT2D eigenvalue weighted by Gasteiger charge is 2.01. The summed E-state index contributed by atoms with van der Waals surface area (Å²) in [6, 6.07) is 4.28. The fourth-order valence-corrected chi connectivity index (χ4v) is 1.44. The van der Waals surface area contributed by atoms with Crippen molar-refractivity contribution in [2.24, 2.45) is 0 Å². The van der Waals surface area contributed by atoms with E-state index in [2.05, 4.69) is 29.4 Å². The van der Waals surface area contributed by atoms with Crippen LogP contribution in [0.2, 0.25) is 0 Å². The van der Waals surface area contributed by atoms with Gasteiger partial charge in [0.05, 0.1) is 5.52 Å². The highest BCUT2D eigenvalue weighted by molar-refractivity contribution is 5.68. The van der Waals surface area contributed by atoms with Crippen molar-refractivity contribution in [3.05, 3.63) is 30.2 Å². The number of nitrogens with zero attached hydrogens (tertiary/aromatic N) is 2. The number of hydrogen-bond acceptors (Lipinski definition) is 2. The molecule has 68 valence electrons. The second kappa shape index (κ2) is 3.09. The number of anilines is 1. The number of aryl methyl sites for hydroxylation is 1. The Balaban J connectivity index is 2.64. The number of imidazole rings is 1. The maximum atomic E-state index is 4.24. The molecule has 0 saturated carbocycles. The molecule has 1 N–H and O–H groups in total. The fourth-order valence-electron chi connectivity index (χ4n) is 1.44. The molecule has 0 atom stereocenters. The second-order valence-corrected chi connectivity index (χ2v) is 3.02. The van der Waals surface area contributed by atoms with E-state index in [9.17, 15) is 0 Å². The Bertz CT molecular complexity index is 417. The molecule has 0 bridgehead atoms. The lowest BCUT2D eigenvalue weighted by molar-refractivity contribution is 1.09. The summed E-state index contributed by atoms with van der Waals surface area (Å²) in [5.74, 6) is 0.940. The molecule has 0 fully saturated rings. The molecule has 0 aliphatic carbocycles. The highest BCUT2D eigenvalue weighted by Crippen LogP contribution is 2.15. The van der Waals surface area contributed by atoms with Gasteiger partial charge < -0.3 is 9.72 Å². The minimum absolute atomic E-state index is 0.940. The topological polar surface area (TPSA) is 29.3 Å². The summed E-state index contributed by atoms with van der Waals surface area (Å²) in [5, 5.41) is 3.07. The van der Waals surface area contributed by atoms with Crippen LogP contribution in [-0.2, 0) is 6.42 Å². The zero-order chi connectivity index (χ0) is 9.26. The van der Waals surface area contributed by atoms with E-state index in [-0.39, 0.29) is 0 Å². The van der Waals surface area contributed by atoms with E-state index in [0.717, 1.165) is 17.8 Å². The van der Waals surface area contributed by atoms with Crippen molar-refractivity contribution in [3.63, 3.8) is 0 Å². The average molecular weight is 175 g/mol. The number of fused-ring (bicyclic) bond motifs is 1. The largest absolute Gasteiger partial charge is 0.371 e. The van der Waals surface area contributed by atoms with Crippen molar-refractivity contribution in [1.82, 2.24) is 9.38 Å². The molecule has 2 rings (SSSR count). The first-order chi connectivity index (χ1) is 6.35. The third-order valence-corrected chi connectivity index (χ3v) is 2.25. The highest BCUT2D eigenvalue weighted by atomic mass is 15.1. The normalized spacial score (nSPS) is 10.6. The van der Waals surface area contributed by atoms with E-state index < -0.39 is 0 Å². The minimum atomic E-state index is 0.940. The van der Waals surface area contributed by atoms with Crippen LogP contribution in [0, 0.1) is 0 Å². The van der Waals surface area contributed by atoms with Crippen LogP contribution >= 0.6 is 0 Å². The Hall–Kier alpha value is -1.51. The van der Waals surface area contributed by atoms with Gasteiger partial charge in [0.15, 0.2) is 5.82 Å². The Kier molecular flexibility index (Phi) is 1.93. The first-order valence-corrected chi connectivity index (χ1v) is 4.48. The standard InChI is InChI=1S/C10H13N3/c1-3-8-4-5-13-7-12-10(11-2)9(13)6-8/h4-7,11H,3H2,1-2H3. The number of hydrogen-bond donors (Lipinski definition) is 1. The predicted octanol–water partition coefficient (Wildman–Crippen LogP) is 1.94. The minimum Gasteiger partial charge on any atom is -0.371 e. The molecule has 0 unspecified atom stereocenters. The van der Waals surface area contributed by atoms with Gasteiger partial charge in [-0.2, -0.15) is 0 Å². The second-order valence-electron chi connectivity index (χ2n) is 3.02. The lowest BCUT2D eigenvalue weighted by Gasteiger charge is -1.99. The van der Waals surface area contributed by atoms with Crippen molar-refractivity contribution in [1.29, 1.82) is 0 Å². The van der Waals surface area contributed by atoms with E-state index in [1.807, 2.05) is 24.0 Å². The van der Waals surface area contributed by atoms with Crippen LogP contribution in [-0.4, -0.2) is 16.4 Å². The van der Waals surface area contributed by atoms with Crippen LogP contribution in [0.25, 0.3) is 5.52 Å². The van der Waals surface area contributed by atoms with Gasteiger partial charge in [-0.25, -0.2) is 4.98 Å². The van der Waals surface area contributed by atoms with Crippen LogP contribution in [0.1, 0.15) is 12.5 Å². The molecule has 2 aromatic rings. The molecule has 3 heteroatoms. The van der Waals surface area contributed by atoms with E-state index in [0.29, 0.717) is 0 Å². The molecular formula is C10H13N3. The van der Waals surface area contributed by atoms with Gasteiger partial charge in [0, 0.05) is 13.2 Å². The summed E-state index contributed by atoms with van der Waals surface area (Å²) in [4.78, 5) is 4.24. The molecule has 0 spiro atoms. The summed E-state index contributed by atoms with van der Waals surface area (Å²) >= 11 is 0. The Morgan fingerprint density at radius 1 is 1.54 bits per heavy atom. The van der Waals surface area contributed by atoms with Crippen LogP contribution in [0.5, 0.6) is 0 Å². The molecule has 0 amide bonds. The average Bonchev–Trinajstić information content (AvgIpc) is 2.59. The van der Waals surface area contributed by atoms with E-state index in [4.69, 9.17) is 0 Å². The molecule has 0 saturated heterocycles. The predicted molar refractivity (Wildman–Crippen MR) is 54.1 cm³/mol. The van der Waals surface area contributed by atoms with Gasteiger partial charge in [0.2, 0.25) is 0 Å². The first kappa shape index (κ1) is 8.10. The van der Waals surface area contributed by atoms with Crippen molar-refractivity contribution in [2.75, 3.05) is 12.4 Å². The molecule has 3 nitrogen and oxygen atoms in total. The SMILES string of the molecule is CCc1ccn2cnc(NC)c2c1. The third-order valence-electron chi connectivity index (χ3n) is 2.25. The van der Waals surface area contributed by atoms with E-state index in [1.165, 1.54) is 5.56 Å². The Labute approximate surface area is 77.4 Å². The lowest BCUT2D eigenvalue weighted by atomic mass is 10.2. The summed E-state index contributed by atoms with van der Waals surface area (Å²) in [6.07, 6.45) is 4.92. The maximum Gasteiger partial charge on any atom is 0.151 e. The summed E-state index contributed by atoms with van der Waals surface area (Å²) in [5.41, 5.74) is 2.48. The monoisotopic (exact) mass is 175 g/mol. The van der Waals surface area contributed by atoms with Gasteiger partial charge in [0.25, 0.3) is 0 Å². The summed E-state index contributed by atoms with van der Waals surface area (Å²) in [7, 11) is 1.89. The van der Waals surface area contributed by atoms with Crippen molar-refractivity contribution in [2.45, 2.75) is 13.3 Å². The van der Waals surface area contributed by atoms with Crippen LogP contribution in [0.4, 0.5) is 5.82 Å². The molecule has 13 heavy (non-hydrogen) atoms. The van der Waals surface area contributed by atoms with Gasteiger partial charge in [-0.05, 0) is 24.1 Å². The molecule has 0 radical (unpaired) electrons. The smallest absolute Gasteiger partial charge is 0.151 e. The zero-order valence-corrected chi connectivity index (χ0v) is 7.91. The summed E-state index contributed by atoms with van der Waals surface area (Å²) in [6.45, 7) is 2.15. The molecule has 0 aliphatic heterocycles. The zero-order valence-electron chi connectivity index (χ0n) is 7.91. The van der Waals surface area contributed by atoms with Gasteiger partial charge in [-0.15, -0.1) is 0 Å². The third kappa shape index (κ3) is 1.26. The van der Waals surface area contributed by atoms with Gasteiger partial charge in [-0.3, -0.25) is 0 Å². The van der Waals surface area contributed by atoms with Crippen LogP contribution < -0.4 is 5.32 Å². The van der Waals surface area contributed by atoms with Crippen molar-refractivity contribution in [3.8, 4) is 0 Å². The van der Waals surface area contributed by atoms with Crippen LogP contribution in [0.3, 0.4) is 0 Å². The van der Waals surface area contributed by atoms with Crippen molar-refractivity contribution < 1.29 is 0 Å². The Morgan fingerprint density at radius 2 is 2.38 bits per heavy atom. The van der Waals surface area contributed by atoms with Crippen LogP contribution in [0.15, 0.2) is 24.7 Å². The number of rotatable bonds is 2. The molecular weight excluding hydrogens is 162 g/mol. The van der Waals surface area contributed by atoms with Gasteiger partial charge >= 0.3 is 0 Å². The number of aromatic nitrogens is 2. The molecule has 0 aliphatic rings. The van der Waals surface area contributed by atoms with Crippen molar-refractivity contribution >= 4 is 11.3 Å². The number of pyridine rings is 1. The Morgan fingerprint density at radius 3 is 3.08 bits per heavy atom. The van der Waals surface area contributed by atoms with E-state index >= 15 is 0 Å². The van der Waals surface area contributed by atoms with E-state index in [1.54, 1.807) is 0 Å². The van der Waals surface area contributed by atoms with Gasteiger partial charge in [-0.1, -0.05) is 6.92 Å². The fraction of sp³-hybridized carbons (Fsp3) is 0.300. The molecule has 2 aromatic heterocycles. The molecule has 2 heterocycles. The lowest BCUT2D eigenvalue weighted by Crippen LogP contribution is -1.90. The molecule has 0 aromatic carbocycles. The first-order valence-electron chi connectivity index (χ1n) is 4.48. The summed E-state index contributed by atoms with van der Waals surface area (Å²) < 4.78 is 2.02.